The second kappa shape index (κ2) is 7.60. The highest BCUT2D eigenvalue weighted by molar-refractivity contribution is 7.17. The molecule has 1 fully saturated rings. The predicted octanol–water partition coefficient (Wildman–Crippen LogP) is 4.45. The van der Waals surface area contributed by atoms with E-state index in [0.717, 1.165) is 34.2 Å². The molecule has 2 heterocycles. The Bertz CT molecular complexity index is 920. The summed E-state index contributed by atoms with van der Waals surface area (Å²) in [5.74, 6) is 0.328. The molecule has 0 radical (unpaired) electrons. The van der Waals surface area contributed by atoms with Gasteiger partial charge in [-0.1, -0.05) is 36.6 Å². The van der Waals surface area contributed by atoms with Crippen molar-refractivity contribution in [3.8, 4) is 17.0 Å². The monoisotopic (exact) mass is 387 g/mol. The van der Waals surface area contributed by atoms with Gasteiger partial charge in [0.1, 0.15) is 11.2 Å². The van der Waals surface area contributed by atoms with E-state index in [-0.39, 0.29) is 18.6 Å². The van der Waals surface area contributed by atoms with Crippen molar-refractivity contribution >= 4 is 39.1 Å². The van der Waals surface area contributed by atoms with Crippen LogP contribution in [0.3, 0.4) is 0 Å². The quantitative estimate of drug-likeness (QED) is 0.702. The third-order valence-electron chi connectivity index (χ3n) is 4.55. The van der Waals surface area contributed by atoms with E-state index in [1.54, 1.807) is 0 Å². The number of aromatic nitrogens is 2. The van der Waals surface area contributed by atoms with Crippen LogP contribution in [0.4, 0.5) is 0 Å². The number of thiophene rings is 1. The molecule has 1 aromatic carbocycles. The molecule has 0 aliphatic heterocycles. The lowest BCUT2D eigenvalue weighted by atomic mass is 10.1. The Labute approximate surface area is 160 Å². The number of rotatable bonds is 5. The fourth-order valence-electron chi connectivity index (χ4n) is 3.27. The molecule has 0 unspecified atom stereocenters. The van der Waals surface area contributed by atoms with Crippen LogP contribution in [-0.4, -0.2) is 28.5 Å². The number of hydrogen-bond acceptors (Lipinski definition) is 5. The molecular formula is C19H18ClN3O2S. The number of fused-ring (bicyclic) bond motifs is 1. The van der Waals surface area contributed by atoms with Gasteiger partial charge in [0.25, 0.3) is 5.91 Å². The van der Waals surface area contributed by atoms with Crippen LogP contribution in [0.2, 0.25) is 5.02 Å². The number of carbonyl (C=O) groups excluding carboxylic acids is 1. The smallest absolute Gasteiger partial charge is 0.258 e. The van der Waals surface area contributed by atoms with Gasteiger partial charge in [-0.25, -0.2) is 9.97 Å². The van der Waals surface area contributed by atoms with Gasteiger partial charge in [-0.3, -0.25) is 4.79 Å². The lowest BCUT2D eigenvalue weighted by Crippen LogP contribution is -2.36. The molecule has 1 aliphatic carbocycles. The van der Waals surface area contributed by atoms with Gasteiger partial charge >= 0.3 is 0 Å². The molecule has 134 valence electrons. The Morgan fingerprint density at radius 3 is 2.77 bits per heavy atom. The first-order chi connectivity index (χ1) is 12.7. The first-order valence-corrected chi connectivity index (χ1v) is 9.87. The van der Waals surface area contributed by atoms with Gasteiger partial charge in [-0.15, -0.1) is 11.3 Å². The van der Waals surface area contributed by atoms with Gasteiger partial charge in [-0.05, 0) is 30.5 Å². The lowest BCUT2D eigenvalue weighted by Gasteiger charge is -2.12. The standard InChI is InChI=1S/C19H18ClN3O2S/c20-13-7-5-12(6-8-13)15-10-26-19-17(15)18(21-11-22-19)25-9-16(24)23-14-3-1-2-4-14/h5-8,10-11,14H,1-4,9H2,(H,23,24). The van der Waals surface area contributed by atoms with E-state index in [1.165, 1.54) is 30.5 Å². The van der Waals surface area contributed by atoms with Crippen molar-refractivity contribution in [2.75, 3.05) is 6.61 Å². The third kappa shape index (κ3) is 3.66. The van der Waals surface area contributed by atoms with E-state index in [9.17, 15) is 4.79 Å². The fraction of sp³-hybridized carbons (Fsp3) is 0.316. The summed E-state index contributed by atoms with van der Waals surface area (Å²) in [6, 6.07) is 7.88. The lowest BCUT2D eigenvalue weighted by molar-refractivity contribution is -0.123. The summed E-state index contributed by atoms with van der Waals surface area (Å²) in [5.41, 5.74) is 1.99. The van der Waals surface area contributed by atoms with Crippen LogP contribution in [0.15, 0.2) is 36.0 Å². The molecule has 3 aromatic rings. The first-order valence-electron chi connectivity index (χ1n) is 8.61. The number of nitrogens with zero attached hydrogens (tertiary/aromatic N) is 2. The molecule has 7 heteroatoms. The molecule has 0 spiro atoms. The van der Waals surface area contributed by atoms with Gasteiger partial charge in [0.05, 0.1) is 5.39 Å². The molecule has 1 aliphatic rings. The van der Waals surface area contributed by atoms with Crippen LogP contribution in [0, 0.1) is 0 Å². The van der Waals surface area contributed by atoms with Crippen molar-refractivity contribution in [1.82, 2.24) is 15.3 Å². The number of benzene rings is 1. The third-order valence-corrected chi connectivity index (χ3v) is 5.69. The highest BCUT2D eigenvalue weighted by Crippen LogP contribution is 2.37. The second-order valence-corrected chi connectivity index (χ2v) is 7.65. The Balaban J connectivity index is 1.56. The Morgan fingerprint density at radius 1 is 1.23 bits per heavy atom. The van der Waals surface area contributed by atoms with E-state index in [0.29, 0.717) is 10.9 Å². The molecule has 1 N–H and O–H groups in total. The van der Waals surface area contributed by atoms with E-state index in [4.69, 9.17) is 16.3 Å². The van der Waals surface area contributed by atoms with Crippen molar-refractivity contribution in [3.63, 3.8) is 0 Å². The summed E-state index contributed by atoms with van der Waals surface area (Å²) in [5, 5.41) is 6.56. The Hall–Kier alpha value is -2.18. The number of carbonyl (C=O) groups is 1. The molecular weight excluding hydrogens is 370 g/mol. The Morgan fingerprint density at radius 2 is 2.00 bits per heavy atom. The van der Waals surface area contributed by atoms with Crippen molar-refractivity contribution in [3.05, 3.63) is 41.0 Å². The number of nitrogens with one attached hydrogen (secondary N) is 1. The van der Waals surface area contributed by atoms with Crippen LogP contribution in [-0.2, 0) is 4.79 Å². The topological polar surface area (TPSA) is 64.1 Å². The molecule has 2 aromatic heterocycles. The average Bonchev–Trinajstić information content (AvgIpc) is 3.30. The summed E-state index contributed by atoms with van der Waals surface area (Å²) in [6.45, 7) is -0.0431. The molecule has 1 amide bonds. The Kier molecular flexibility index (Phi) is 5.04. The van der Waals surface area contributed by atoms with Crippen molar-refractivity contribution in [1.29, 1.82) is 0 Å². The largest absolute Gasteiger partial charge is 0.467 e. The molecule has 0 saturated heterocycles. The maximum absolute atomic E-state index is 12.1. The zero-order chi connectivity index (χ0) is 17.9. The molecule has 26 heavy (non-hydrogen) atoms. The van der Waals surface area contributed by atoms with Crippen molar-refractivity contribution in [2.45, 2.75) is 31.7 Å². The molecule has 1 saturated carbocycles. The second-order valence-electron chi connectivity index (χ2n) is 6.35. The summed E-state index contributed by atoms with van der Waals surface area (Å²) >= 11 is 7.51. The molecule has 4 rings (SSSR count). The predicted molar refractivity (Wildman–Crippen MR) is 104 cm³/mol. The van der Waals surface area contributed by atoms with Crippen molar-refractivity contribution in [2.24, 2.45) is 0 Å². The maximum Gasteiger partial charge on any atom is 0.258 e. The van der Waals surface area contributed by atoms with Gasteiger partial charge in [0.15, 0.2) is 6.61 Å². The summed E-state index contributed by atoms with van der Waals surface area (Å²) in [6.07, 6.45) is 5.92. The summed E-state index contributed by atoms with van der Waals surface area (Å²) < 4.78 is 5.75. The van der Waals surface area contributed by atoms with Crippen LogP contribution in [0.25, 0.3) is 21.3 Å². The zero-order valence-corrected chi connectivity index (χ0v) is 15.6. The molecule has 5 nitrogen and oxygen atoms in total. The minimum Gasteiger partial charge on any atom is -0.467 e. The number of amides is 1. The zero-order valence-electron chi connectivity index (χ0n) is 14.1. The van der Waals surface area contributed by atoms with E-state index < -0.39 is 0 Å². The van der Waals surface area contributed by atoms with E-state index in [1.807, 2.05) is 29.6 Å². The first kappa shape index (κ1) is 17.2. The van der Waals surface area contributed by atoms with Crippen LogP contribution in [0.5, 0.6) is 5.88 Å². The minimum absolute atomic E-state index is 0.0431. The van der Waals surface area contributed by atoms with Crippen LogP contribution >= 0.6 is 22.9 Å². The summed E-state index contributed by atoms with van der Waals surface area (Å²) in [4.78, 5) is 21.5. The average molecular weight is 388 g/mol. The number of hydrogen-bond donors (Lipinski definition) is 1. The fourth-order valence-corrected chi connectivity index (χ4v) is 4.30. The molecule has 0 atom stereocenters. The van der Waals surface area contributed by atoms with E-state index in [2.05, 4.69) is 15.3 Å². The normalized spacial score (nSPS) is 14.7. The SMILES string of the molecule is O=C(COc1ncnc2scc(-c3ccc(Cl)cc3)c12)NC1CCCC1. The van der Waals surface area contributed by atoms with E-state index >= 15 is 0 Å². The van der Waals surface area contributed by atoms with Gasteiger partial charge in [0.2, 0.25) is 5.88 Å². The highest BCUT2D eigenvalue weighted by Gasteiger charge is 2.19. The highest BCUT2D eigenvalue weighted by atomic mass is 35.5. The van der Waals surface area contributed by atoms with Crippen molar-refractivity contribution < 1.29 is 9.53 Å². The molecule has 0 bridgehead atoms. The van der Waals surface area contributed by atoms with Crippen LogP contribution in [0.1, 0.15) is 25.7 Å². The van der Waals surface area contributed by atoms with Crippen LogP contribution < -0.4 is 10.1 Å². The van der Waals surface area contributed by atoms with Gasteiger partial charge < -0.3 is 10.1 Å². The van der Waals surface area contributed by atoms with Gasteiger partial charge in [-0.2, -0.15) is 0 Å². The number of halogens is 1. The maximum atomic E-state index is 12.1. The minimum atomic E-state index is -0.105. The van der Waals surface area contributed by atoms with Gasteiger partial charge in [0, 0.05) is 22.0 Å². The summed E-state index contributed by atoms with van der Waals surface area (Å²) in [7, 11) is 0. The number of ether oxygens (including phenoxy) is 1.